The molecule has 0 unspecified atom stereocenters. The van der Waals surface area contributed by atoms with Gasteiger partial charge in [0.05, 0.1) is 24.1 Å². The van der Waals surface area contributed by atoms with Crippen molar-refractivity contribution in [2.45, 2.75) is 11.4 Å². The Morgan fingerprint density at radius 3 is 2.57 bits per heavy atom. The van der Waals surface area contributed by atoms with E-state index in [2.05, 4.69) is 25.1 Å². The number of rotatable bonds is 6. The van der Waals surface area contributed by atoms with Crippen LogP contribution in [0.15, 0.2) is 47.8 Å². The first-order valence-electron chi connectivity index (χ1n) is 8.41. The first kappa shape index (κ1) is 21.4. The third-order valence-corrected chi connectivity index (χ3v) is 5.28. The molecule has 30 heavy (non-hydrogen) atoms. The van der Waals surface area contributed by atoms with Crippen LogP contribution >= 0.6 is 11.6 Å². The summed E-state index contributed by atoms with van der Waals surface area (Å²) in [6, 6.07) is 6.96. The molecule has 156 valence electrons. The lowest BCUT2D eigenvalue weighted by atomic mass is 10.2. The van der Waals surface area contributed by atoms with Crippen molar-refractivity contribution in [1.82, 2.24) is 25.1 Å². The van der Waals surface area contributed by atoms with Crippen molar-refractivity contribution < 1.29 is 22.7 Å². The smallest absolute Gasteiger partial charge is 0.339 e. The van der Waals surface area contributed by atoms with Gasteiger partial charge in [-0.3, -0.25) is 4.79 Å². The lowest BCUT2D eigenvalue weighted by molar-refractivity contribution is 0.0600. The highest BCUT2D eigenvalue weighted by Crippen LogP contribution is 2.19. The first-order valence-corrected chi connectivity index (χ1v) is 10.7. The lowest BCUT2D eigenvalue weighted by Crippen LogP contribution is -2.25. The minimum atomic E-state index is -3.53. The van der Waals surface area contributed by atoms with Gasteiger partial charge in [0.1, 0.15) is 6.33 Å². The van der Waals surface area contributed by atoms with Gasteiger partial charge in [0.15, 0.2) is 21.5 Å². The zero-order valence-corrected chi connectivity index (χ0v) is 17.4. The van der Waals surface area contributed by atoms with E-state index in [1.54, 1.807) is 6.07 Å². The number of hydrogen-bond donors (Lipinski definition) is 1. The molecule has 0 fully saturated rings. The fourth-order valence-corrected chi connectivity index (χ4v) is 3.48. The fourth-order valence-electron chi connectivity index (χ4n) is 2.50. The van der Waals surface area contributed by atoms with Crippen molar-refractivity contribution in [2.24, 2.45) is 0 Å². The van der Waals surface area contributed by atoms with E-state index in [9.17, 15) is 18.0 Å². The maximum atomic E-state index is 12.5. The number of nitrogens with zero attached hydrogens (tertiary/aromatic N) is 4. The molecule has 0 spiro atoms. The van der Waals surface area contributed by atoms with Gasteiger partial charge in [0, 0.05) is 23.0 Å². The molecule has 2 heterocycles. The summed E-state index contributed by atoms with van der Waals surface area (Å²) in [5.41, 5.74) is 0.369. The van der Waals surface area contributed by atoms with E-state index in [0.717, 1.165) is 6.26 Å². The van der Waals surface area contributed by atoms with Gasteiger partial charge in [0.25, 0.3) is 5.91 Å². The van der Waals surface area contributed by atoms with Gasteiger partial charge >= 0.3 is 5.97 Å². The summed E-state index contributed by atoms with van der Waals surface area (Å²) in [6.45, 7) is -0.0139. The highest BCUT2D eigenvalue weighted by molar-refractivity contribution is 7.90. The van der Waals surface area contributed by atoms with Crippen LogP contribution in [0.4, 0.5) is 0 Å². The van der Waals surface area contributed by atoms with E-state index in [4.69, 9.17) is 11.6 Å². The van der Waals surface area contributed by atoms with Crippen molar-refractivity contribution in [3.8, 4) is 5.82 Å². The third-order valence-electron chi connectivity index (χ3n) is 3.97. The van der Waals surface area contributed by atoms with E-state index in [1.165, 1.54) is 48.6 Å². The van der Waals surface area contributed by atoms with E-state index >= 15 is 0 Å². The molecule has 10 nitrogen and oxygen atoms in total. The molecular formula is C18H16ClN5O5S. The standard InChI is InChI=1S/C18H16ClN5O5S/c1-29-18(26)11-3-4-15(20-8-11)24-16(22-10-23-24)9-21-17(25)12-5-13(19)7-14(6-12)30(2,27)28/h3-8,10H,9H2,1-2H3,(H,21,25). The van der Waals surface area contributed by atoms with Crippen molar-refractivity contribution in [3.05, 3.63) is 64.8 Å². The van der Waals surface area contributed by atoms with Crippen LogP contribution in [0.25, 0.3) is 5.82 Å². The molecule has 3 aromatic rings. The maximum Gasteiger partial charge on any atom is 0.339 e. The predicted octanol–water partition coefficient (Wildman–Crippen LogP) is 1.44. The van der Waals surface area contributed by atoms with Crippen LogP contribution in [0.5, 0.6) is 0 Å². The largest absolute Gasteiger partial charge is 0.465 e. The molecule has 0 saturated carbocycles. The number of ether oxygens (including phenoxy) is 1. The van der Waals surface area contributed by atoms with Gasteiger partial charge in [-0.05, 0) is 30.3 Å². The normalized spacial score (nSPS) is 11.2. The number of methoxy groups -OCH3 is 1. The van der Waals surface area contributed by atoms with Gasteiger partial charge in [-0.25, -0.2) is 23.2 Å². The van der Waals surface area contributed by atoms with Crippen LogP contribution < -0.4 is 5.32 Å². The molecule has 0 atom stereocenters. The minimum Gasteiger partial charge on any atom is -0.465 e. The number of sulfone groups is 1. The number of carbonyl (C=O) groups excluding carboxylic acids is 2. The molecule has 1 N–H and O–H groups in total. The third kappa shape index (κ3) is 4.81. The van der Waals surface area contributed by atoms with Gasteiger partial charge < -0.3 is 10.1 Å². The number of hydrogen-bond acceptors (Lipinski definition) is 8. The number of esters is 1. The van der Waals surface area contributed by atoms with Crippen molar-refractivity contribution in [2.75, 3.05) is 13.4 Å². The number of carbonyl (C=O) groups is 2. The predicted molar refractivity (Wildman–Crippen MR) is 106 cm³/mol. The Morgan fingerprint density at radius 1 is 1.17 bits per heavy atom. The zero-order valence-electron chi connectivity index (χ0n) is 15.9. The number of nitrogens with one attached hydrogen (secondary N) is 1. The van der Waals surface area contributed by atoms with Crippen molar-refractivity contribution >= 4 is 33.3 Å². The number of benzene rings is 1. The highest BCUT2D eigenvalue weighted by atomic mass is 35.5. The molecule has 3 rings (SSSR count). The SMILES string of the molecule is COC(=O)c1ccc(-n2ncnc2CNC(=O)c2cc(Cl)cc(S(C)(=O)=O)c2)nc1. The minimum absolute atomic E-state index is 0.0139. The second-order valence-corrected chi connectivity index (χ2v) is 8.57. The Balaban J connectivity index is 1.77. The molecule has 12 heteroatoms. The monoisotopic (exact) mass is 449 g/mol. The number of pyridine rings is 1. The van der Waals surface area contributed by atoms with Crippen LogP contribution in [0.3, 0.4) is 0 Å². The molecule has 1 amide bonds. The number of halogens is 1. The zero-order chi connectivity index (χ0) is 21.9. The molecule has 2 aromatic heterocycles. The molecule has 1 aromatic carbocycles. The molecule has 0 aliphatic heterocycles. The average Bonchev–Trinajstić information content (AvgIpc) is 3.19. The summed E-state index contributed by atoms with van der Waals surface area (Å²) in [5, 5.41) is 6.83. The average molecular weight is 450 g/mol. The van der Waals surface area contributed by atoms with Gasteiger partial charge in [0.2, 0.25) is 0 Å². The van der Waals surface area contributed by atoms with Crippen molar-refractivity contribution in [3.63, 3.8) is 0 Å². The quantitative estimate of drug-likeness (QED) is 0.559. The van der Waals surface area contributed by atoms with Gasteiger partial charge in [-0.15, -0.1) is 0 Å². The number of aromatic nitrogens is 4. The second-order valence-electron chi connectivity index (χ2n) is 6.12. The van der Waals surface area contributed by atoms with E-state index < -0.39 is 21.7 Å². The van der Waals surface area contributed by atoms with E-state index in [0.29, 0.717) is 11.6 Å². The Labute approximate surface area is 176 Å². The molecular weight excluding hydrogens is 434 g/mol. The highest BCUT2D eigenvalue weighted by Gasteiger charge is 2.16. The molecule has 0 aliphatic rings. The summed E-state index contributed by atoms with van der Waals surface area (Å²) in [6.07, 6.45) is 3.66. The van der Waals surface area contributed by atoms with Crippen LogP contribution in [0, 0.1) is 0 Å². The van der Waals surface area contributed by atoms with Crippen LogP contribution in [-0.2, 0) is 21.1 Å². The topological polar surface area (TPSA) is 133 Å². The summed E-state index contributed by atoms with van der Waals surface area (Å²) in [4.78, 5) is 32.2. The Hall–Kier alpha value is -3.31. The van der Waals surface area contributed by atoms with E-state index in [-0.39, 0.29) is 27.6 Å². The second kappa shape index (κ2) is 8.59. The van der Waals surface area contributed by atoms with Crippen LogP contribution in [0.1, 0.15) is 26.5 Å². The fraction of sp³-hybridized carbons (Fsp3) is 0.167. The molecule has 0 aliphatic carbocycles. The lowest BCUT2D eigenvalue weighted by Gasteiger charge is -2.09. The Bertz CT molecular complexity index is 1210. The molecule has 0 radical (unpaired) electrons. The summed E-state index contributed by atoms with van der Waals surface area (Å²) >= 11 is 5.94. The first-order chi connectivity index (χ1) is 14.2. The van der Waals surface area contributed by atoms with E-state index in [1.807, 2.05) is 0 Å². The Kier molecular flexibility index (Phi) is 6.13. The summed E-state index contributed by atoms with van der Waals surface area (Å²) in [5.74, 6) is -0.306. The van der Waals surface area contributed by atoms with Crippen LogP contribution in [0.2, 0.25) is 5.02 Å². The van der Waals surface area contributed by atoms with Crippen LogP contribution in [-0.4, -0.2) is 53.4 Å². The van der Waals surface area contributed by atoms with Gasteiger partial charge in [-0.2, -0.15) is 9.78 Å². The number of amides is 1. The Morgan fingerprint density at radius 2 is 1.93 bits per heavy atom. The van der Waals surface area contributed by atoms with Crippen molar-refractivity contribution in [1.29, 1.82) is 0 Å². The maximum absolute atomic E-state index is 12.5. The molecule has 0 bridgehead atoms. The summed E-state index contributed by atoms with van der Waals surface area (Å²) < 4.78 is 29.5. The molecule has 0 saturated heterocycles. The van der Waals surface area contributed by atoms with Gasteiger partial charge in [-0.1, -0.05) is 11.6 Å². The summed E-state index contributed by atoms with van der Waals surface area (Å²) in [7, 11) is -2.25.